The van der Waals surface area contributed by atoms with E-state index in [9.17, 15) is 9.59 Å². The van der Waals surface area contributed by atoms with Crippen molar-refractivity contribution in [2.45, 2.75) is 64.0 Å². The van der Waals surface area contributed by atoms with Gasteiger partial charge in [-0.1, -0.05) is 49.6 Å². The number of benzene rings is 1. The van der Waals surface area contributed by atoms with Gasteiger partial charge in [0.15, 0.2) is 0 Å². The number of hydrogen-bond donors (Lipinski definition) is 0. The molecule has 2 saturated heterocycles. The summed E-state index contributed by atoms with van der Waals surface area (Å²) >= 11 is 0. The molecule has 6 heteroatoms. The second-order valence-electron chi connectivity index (χ2n) is 9.31. The van der Waals surface area contributed by atoms with Gasteiger partial charge >= 0.3 is 0 Å². The zero-order valence-electron chi connectivity index (χ0n) is 18.2. The minimum Gasteiger partial charge on any atom is -0.337 e. The lowest BCUT2D eigenvalue weighted by Crippen LogP contribution is -2.67. The molecule has 162 valence electrons. The first kappa shape index (κ1) is 20.2. The van der Waals surface area contributed by atoms with Gasteiger partial charge < -0.3 is 9.80 Å². The molecular weight excluding hydrogens is 388 g/mol. The zero-order chi connectivity index (χ0) is 21.4. The maximum Gasteiger partial charge on any atom is 0.274 e. The third-order valence-corrected chi connectivity index (χ3v) is 7.47. The summed E-state index contributed by atoms with van der Waals surface area (Å²) in [4.78, 5) is 38.8. The van der Waals surface area contributed by atoms with E-state index >= 15 is 0 Å². The van der Waals surface area contributed by atoms with E-state index in [2.05, 4.69) is 39.1 Å². The number of hydrogen-bond acceptors (Lipinski definition) is 4. The Kier molecular flexibility index (Phi) is 5.24. The second kappa shape index (κ2) is 8.06. The minimum absolute atomic E-state index is 0.0655. The topological polar surface area (TPSA) is 66.4 Å². The van der Waals surface area contributed by atoms with E-state index in [4.69, 9.17) is 0 Å². The number of carbonyl (C=O) groups is 2. The second-order valence-corrected chi connectivity index (χ2v) is 9.31. The Morgan fingerprint density at radius 1 is 1.00 bits per heavy atom. The van der Waals surface area contributed by atoms with Crippen LogP contribution >= 0.6 is 0 Å². The fourth-order valence-corrected chi connectivity index (χ4v) is 5.87. The summed E-state index contributed by atoms with van der Waals surface area (Å²) in [7, 11) is 0. The zero-order valence-corrected chi connectivity index (χ0v) is 18.2. The van der Waals surface area contributed by atoms with Crippen molar-refractivity contribution >= 4 is 11.8 Å². The molecular formula is C25H30N4O2. The van der Waals surface area contributed by atoms with Gasteiger partial charge in [-0.2, -0.15) is 0 Å². The number of amides is 2. The van der Waals surface area contributed by atoms with Crippen molar-refractivity contribution in [1.82, 2.24) is 19.8 Å². The summed E-state index contributed by atoms with van der Waals surface area (Å²) in [5, 5.41) is 0. The van der Waals surface area contributed by atoms with Gasteiger partial charge in [0.05, 0.1) is 23.3 Å². The van der Waals surface area contributed by atoms with Gasteiger partial charge in [0.25, 0.3) is 5.91 Å². The highest BCUT2D eigenvalue weighted by Gasteiger charge is 2.62. The smallest absolute Gasteiger partial charge is 0.274 e. The van der Waals surface area contributed by atoms with Crippen LogP contribution in [0, 0.1) is 12.3 Å². The largest absolute Gasteiger partial charge is 0.337 e. The van der Waals surface area contributed by atoms with Gasteiger partial charge in [0, 0.05) is 25.3 Å². The SMILES string of the molecule is Cc1cnc(C(=O)N2CCC(N3C(=O)C4(CCCCC4)C3c3ccccc3)CC2)cn1. The summed E-state index contributed by atoms with van der Waals surface area (Å²) in [6.07, 6.45) is 10.4. The van der Waals surface area contributed by atoms with Gasteiger partial charge in [0.2, 0.25) is 5.91 Å². The normalized spacial score (nSPS) is 23.6. The monoisotopic (exact) mass is 418 g/mol. The molecule has 2 aliphatic heterocycles. The van der Waals surface area contributed by atoms with Crippen molar-refractivity contribution in [3.63, 3.8) is 0 Å². The summed E-state index contributed by atoms with van der Waals surface area (Å²) in [5.41, 5.74) is 2.25. The molecule has 1 aromatic carbocycles. The Morgan fingerprint density at radius 2 is 1.71 bits per heavy atom. The van der Waals surface area contributed by atoms with E-state index in [0.717, 1.165) is 44.2 Å². The van der Waals surface area contributed by atoms with Crippen LogP contribution in [0.3, 0.4) is 0 Å². The Balaban J connectivity index is 1.31. The first-order valence-electron chi connectivity index (χ1n) is 11.6. The fourth-order valence-electron chi connectivity index (χ4n) is 5.87. The number of carbonyl (C=O) groups excluding carboxylic acids is 2. The van der Waals surface area contributed by atoms with Crippen molar-refractivity contribution in [2.24, 2.45) is 5.41 Å². The number of nitrogens with zero attached hydrogens (tertiary/aromatic N) is 4. The molecule has 3 fully saturated rings. The van der Waals surface area contributed by atoms with Crippen LogP contribution in [0.15, 0.2) is 42.7 Å². The molecule has 3 aliphatic rings. The number of likely N-dealkylation sites (tertiary alicyclic amines) is 2. The van der Waals surface area contributed by atoms with Gasteiger partial charge in [-0.25, -0.2) is 4.98 Å². The van der Waals surface area contributed by atoms with Crippen LogP contribution in [0.2, 0.25) is 0 Å². The third kappa shape index (κ3) is 3.42. The average Bonchev–Trinajstić information content (AvgIpc) is 2.83. The predicted molar refractivity (Wildman–Crippen MR) is 117 cm³/mol. The predicted octanol–water partition coefficient (Wildman–Crippen LogP) is 3.92. The number of aryl methyl sites for hydroxylation is 1. The number of β-lactam (4-membered cyclic amide) rings is 1. The van der Waals surface area contributed by atoms with E-state index in [0.29, 0.717) is 24.7 Å². The van der Waals surface area contributed by atoms with Crippen molar-refractivity contribution in [2.75, 3.05) is 13.1 Å². The van der Waals surface area contributed by atoms with Crippen molar-refractivity contribution in [1.29, 1.82) is 0 Å². The maximum absolute atomic E-state index is 13.5. The van der Waals surface area contributed by atoms with Crippen LogP contribution < -0.4 is 0 Å². The Labute approximate surface area is 183 Å². The minimum atomic E-state index is -0.204. The highest BCUT2D eigenvalue weighted by molar-refractivity contribution is 5.92. The average molecular weight is 419 g/mol. The lowest BCUT2D eigenvalue weighted by molar-refractivity contribution is -0.186. The van der Waals surface area contributed by atoms with Crippen molar-refractivity contribution in [3.8, 4) is 0 Å². The molecule has 0 radical (unpaired) electrons. The van der Waals surface area contributed by atoms with Crippen LogP contribution in [0.1, 0.15) is 72.7 Å². The molecule has 3 heterocycles. The molecule has 0 N–H and O–H groups in total. The highest BCUT2D eigenvalue weighted by Crippen LogP contribution is 2.59. The molecule has 2 amide bonds. The molecule has 0 bridgehead atoms. The molecule has 1 aliphatic carbocycles. The van der Waals surface area contributed by atoms with Crippen LogP contribution in [0.4, 0.5) is 0 Å². The van der Waals surface area contributed by atoms with Crippen LogP contribution in [-0.4, -0.2) is 50.7 Å². The van der Waals surface area contributed by atoms with Gasteiger partial charge in [0.1, 0.15) is 5.69 Å². The van der Waals surface area contributed by atoms with Crippen LogP contribution in [0.25, 0.3) is 0 Å². The molecule has 5 rings (SSSR count). The lowest BCUT2D eigenvalue weighted by Gasteiger charge is -2.61. The van der Waals surface area contributed by atoms with Gasteiger partial charge in [-0.05, 0) is 38.2 Å². The van der Waals surface area contributed by atoms with E-state index in [1.807, 2.05) is 17.9 Å². The molecule has 1 aromatic heterocycles. The highest BCUT2D eigenvalue weighted by atomic mass is 16.2. The molecule has 6 nitrogen and oxygen atoms in total. The third-order valence-electron chi connectivity index (χ3n) is 7.47. The summed E-state index contributed by atoms with van der Waals surface area (Å²) in [6, 6.07) is 10.9. The van der Waals surface area contributed by atoms with Crippen molar-refractivity contribution in [3.05, 3.63) is 59.7 Å². The fraction of sp³-hybridized carbons (Fsp3) is 0.520. The van der Waals surface area contributed by atoms with Crippen LogP contribution in [0.5, 0.6) is 0 Å². The standard InChI is InChI=1S/C25H30N4O2/c1-18-16-27-21(17-26-18)23(30)28-14-10-20(11-15-28)29-22(19-8-4-2-5-9-19)25(24(29)31)12-6-3-7-13-25/h2,4-5,8-9,16-17,20,22H,3,6-7,10-15H2,1H3. The molecule has 2 aromatic rings. The van der Waals surface area contributed by atoms with E-state index in [1.165, 1.54) is 12.0 Å². The molecule has 31 heavy (non-hydrogen) atoms. The summed E-state index contributed by atoms with van der Waals surface area (Å²) in [5.74, 6) is 0.277. The van der Waals surface area contributed by atoms with E-state index < -0.39 is 0 Å². The lowest BCUT2D eigenvalue weighted by atomic mass is 9.59. The van der Waals surface area contributed by atoms with Crippen LogP contribution in [-0.2, 0) is 4.79 Å². The van der Waals surface area contributed by atoms with E-state index in [1.54, 1.807) is 12.4 Å². The summed E-state index contributed by atoms with van der Waals surface area (Å²) in [6.45, 7) is 3.16. The molecule has 1 unspecified atom stereocenters. The Bertz CT molecular complexity index is 945. The van der Waals surface area contributed by atoms with Gasteiger partial charge in [-0.3, -0.25) is 14.6 Å². The van der Waals surface area contributed by atoms with Gasteiger partial charge in [-0.15, -0.1) is 0 Å². The number of rotatable bonds is 3. The summed E-state index contributed by atoms with van der Waals surface area (Å²) < 4.78 is 0. The van der Waals surface area contributed by atoms with E-state index in [-0.39, 0.29) is 23.4 Å². The molecule has 1 atom stereocenters. The number of piperidine rings is 1. The quantitative estimate of drug-likeness (QED) is 0.709. The molecule has 1 saturated carbocycles. The van der Waals surface area contributed by atoms with Crippen molar-refractivity contribution < 1.29 is 9.59 Å². The maximum atomic E-state index is 13.5. The Hall–Kier alpha value is -2.76. The number of aromatic nitrogens is 2. The molecule has 1 spiro atoms. The Morgan fingerprint density at radius 3 is 2.35 bits per heavy atom. The first-order valence-corrected chi connectivity index (χ1v) is 11.6. The first-order chi connectivity index (χ1) is 15.1.